The number of esters is 1. The standard InChI is InChI=1S/C20H27BO4.CH3F/c1-19(2)20(3,4)25-21(24-19)17-12-10-16(11-13-17)18(22)23-14-15-8-6-5-7-9-15;1-2/h5-9,12,16H,10-11,13-14H2,1-4H3;1H3. The van der Waals surface area contributed by atoms with Gasteiger partial charge in [-0.1, -0.05) is 36.4 Å². The summed E-state index contributed by atoms with van der Waals surface area (Å²) < 4.78 is 27.2. The highest BCUT2D eigenvalue weighted by Crippen LogP contribution is 2.40. The van der Waals surface area contributed by atoms with E-state index in [0.29, 0.717) is 20.2 Å². The van der Waals surface area contributed by atoms with Crippen molar-refractivity contribution < 1.29 is 23.2 Å². The number of alkyl halides is 1. The normalized spacial score (nSPS) is 23.1. The average molecular weight is 376 g/mol. The Morgan fingerprint density at radius 3 is 2.26 bits per heavy atom. The molecule has 1 atom stereocenters. The Bertz CT molecular complexity index is 641. The van der Waals surface area contributed by atoms with Crippen LogP contribution in [0.3, 0.4) is 0 Å². The third-order valence-electron chi connectivity index (χ3n) is 5.56. The summed E-state index contributed by atoms with van der Waals surface area (Å²) in [5.74, 6) is -0.192. The van der Waals surface area contributed by atoms with E-state index in [9.17, 15) is 9.18 Å². The maximum absolute atomic E-state index is 12.3. The van der Waals surface area contributed by atoms with Crippen molar-refractivity contribution in [3.05, 3.63) is 47.4 Å². The number of rotatable bonds is 4. The van der Waals surface area contributed by atoms with E-state index in [1.165, 1.54) is 0 Å². The molecule has 3 rings (SSSR count). The molecule has 1 aliphatic carbocycles. The first kappa shape index (κ1) is 21.6. The first-order valence-corrected chi connectivity index (χ1v) is 9.41. The van der Waals surface area contributed by atoms with Crippen LogP contribution in [-0.4, -0.2) is 31.5 Å². The molecule has 148 valence electrons. The van der Waals surface area contributed by atoms with Crippen molar-refractivity contribution in [1.29, 1.82) is 0 Å². The van der Waals surface area contributed by atoms with Gasteiger partial charge in [-0.2, -0.15) is 0 Å². The zero-order valence-electron chi connectivity index (χ0n) is 17.0. The first-order chi connectivity index (χ1) is 12.8. The molecule has 0 saturated carbocycles. The fourth-order valence-corrected chi connectivity index (χ4v) is 3.12. The van der Waals surface area contributed by atoms with Gasteiger partial charge < -0.3 is 14.0 Å². The van der Waals surface area contributed by atoms with Gasteiger partial charge in [0, 0.05) is 0 Å². The number of benzene rings is 1. The monoisotopic (exact) mass is 376 g/mol. The minimum atomic E-state index is -0.329. The number of carbonyl (C=O) groups excluding carboxylic acids is 1. The molecule has 1 fully saturated rings. The van der Waals surface area contributed by atoms with Gasteiger partial charge >= 0.3 is 13.1 Å². The molecule has 1 aliphatic heterocycles. The van der Waals surface area contributed by atoms with Gasteiger partial charge in [0.05, 0.1) is 24.3 Å². The summed E-state index contributed by atoms with van der Waals surface area (Å²) in [7, 11) is 0.200. The molecule has 1 saturated heterocycles. The van der Waals surface area contributed by atoms with E-state index in [2.05, 4.69) is 33.8 Å². The Hall–Kier alpha value is -1.66. The summed E-state index contributed by atoms with van der Waals surface area (Å²) in [5, 5.41) is 0. The summed E-state index contributed by atoms with van der Waals surface area (Å²) in [5.41, 5.74) is 1.50. The topological polar surface area (TPSA) is 44.8 Å². The lowest BCUT2D eigenvalue weighted by Gasteiger charge is -2.32. The molecule has 0 aromatic heterocycles. The van der Waals surface area contributed by atoms with Crippen LogP contribution in [0.4, 0.5) is 4.39 Å². The summed E-state index contributed by atoms with van der Waals surface area (Å²) >= 11 is 0. The highest BCUT2D eigenvalue weighted by atomic mass is 19.1. The van der Waals surface area contributed by atoms with E-state index in [0.717, 1.165) is 23.9 Å². The van der Waals surface area contributed by atoms with Gasteiger partial charge in [0.1, 0.15) is 6.61 Å². The Balaban J connectivity index is 0.00000126. The third kappa shape index (κ3) is 5.20. The second-order valence-electron chi connectivity index (χ2n) is 7.93. The van der Waals surface area contributed by atoms with Crippen molar-refractivity contribution in [2.24, 2.45) is 5.92 Å². The lowest BCUT2D eigenvalue weighted by atomic mass is 9.70. The molecule has 4 nitrogen and oxygen atoms in total. The van der Waals surface area contributed by atoms with Gasteiger partial charge in [-0.3, -0.25) is 9.18 Å². The van der Waals surface area contributed by atoms with E-state index >= 15 is 0 Å². The minimum Gasteiger partial charge on any atom is -0.461 e. The molecule has 1 heterocycles. The molecule has 0 N–H and O–H groups in total. The van der Waals surface area contributed by atoms with Crippen LogP contribution in [0.5, 0.6) is 0 Å². The van der Waals surface area contributed by atoms with E-state index in [1.807, 2.05) is 30.3 Å². The number of ether oxygens (including phenoxy) is 1. The summed E-state index contributed by atoms with van der Waals surface area (Å²) in [6.45, 7) is 8.56. The molecule has 2 aliphatic rings. The second-order valence-corrected chi connectivity index (χ2v) is 7.93. The molecule has 0 bridgehead atoms. The van der Waals surface area contributed by atoms with Gasteiger partial charge in [0.15, 0.2) is 0 Å². The maximum Gasteiger partial charge on any atom is 0.490 e. The zero-order valence-corrected chi connectivity index (χ0v) is 17.0. The smallest absolute Gasteiger partial charge is 0.461 e. The van der Waals surface area contributed by atoms with Crippen LogP contribution in [0.2, 0.25) is 0 Å². The SMILES string of the molecule is CC1(C)OB(C2=CCC(C(=O)OCc3ccccc3)CC2)OC1(C)C.CF. The highest BCUT2D eigenvalue weighted by Gasteiger charge is 2.52. The second kappa shape index (κ2) is 9.02. The maximum atomic E-state index is 12.3. The summed E-state index contributed by atoms with van der Waals surface area (Å²) in [4.78, 5) is 12.3. The van der Waals surface area contributed by atoms with Crippen LogP contribution < -0.4 is 0 Å². The van der Waals surface area contributed by atoms with E-state index in [1.54, 1.807) is 0 Å². The number of hydrogen-bond acceptors (Lipinski definition) is 4. The Morgan fingerprint density at radius 2 is 1.74 bits per heavy atom. The molecule has 0 radical (unpaired) electrons. The van der Waals surface area contributed by atoms with E-state index in [-0.39, 0.29) is 30.2 Å². The molecule has 0 spiro atoms. The number of hydrogen-bond donors (Lipinski definition) is 0. The third-order valence-corrected chi connectivity index (χ3v) is 5.56. The lowest BCUT2D eigenvalue weighted by molar-refractivity contribution is -0.150. The van der Waals surface area contributed by atoms with Crippen molar-refractivity contribution >= 4 is 13.1 Å². The molecular formula is C21H30BFO4. The van der Waals surface area contributed by atoms with Crippen LogP contribution in [0.15, 0.2) is 41.9 Å². The van der Waals surface area contributed by atoms with Gasteiger partial charge in [-0.25, -0.2) is 0 Å². The highest BCUT2D eigenvalue weighted by molar-refractivity contribution is 6.54. The molecular weight excluding hydrogens is 346 g/mol. The Morgan fingerprint density at radius 1 is 1.15 bits per heavy atom. The van der Waals surface area contributed by atoms with E-state index < -0.39 is 0 Å². The number of allylic oxidation sites excluding steroid dienone is 2. The first-order valence-electron chi connectivity index (χ1n) is 9.41. The van der Waals surface area contributed by atoms with Gasteiger partial charge in [0.2, 0.25) is 0 Å². The van der Waals surface area contributed by atoms with Crippen LogP contribution in [0.25, 0.3) is 0 Å². The predicted octanol–water partition coefficient (Wildman–Crippen LogP) is 4.67. The minimum absolute atomic E-state index is 0.0742. The molecule has 1 aromatic carbocycles. The van der Waals surface area contributed by atoms with Crippen molar-refractivity contribution in [1.82, 2.24) is 0 Å². The fourth-order valence-electron chi connectivity index (χ4n) is 3.12. The largest absolute Gasteiger partial charge is 0.490 e. The molecule has 1 unspecified atom stereocenters. The van der Waals surface area contributed by atoms with Gasteiger partial charge in [-0.05, 0) is 58.0 Å². The van der Waals surface area contributed by atoms with Crippen molar-refractivity contribution in [2.75, 3.05) is 7.18 Å². The number of halogens is 1. The van der Waals surface area contributed by atoms with Gasteiger partial charge in [0.25, 0.3) is 0 Å². The fraction of sp³-hybridized carbons (Fsp3) is 0.571. The van der Waals surface area contributed by atoms with Crippen LogP contribution in [0.1, 0.15) is 52.5 Å². The number of carbonyl (C=O) groups is 1. The van der Waals surface area contributed by atoms with Crippen LogP contribution >= 0.6 is 0 Å². The molecule has 6 heteroatoms. The van der Waals surface area contributed by atoms with Crippen molar-refractivity contribution in [3.63, 3.8) is 0 Å². The lowest BCUT2D eigenvalue weighted by Crippen LogP contribution is -2.41. The van der Waals surface area contributed by atoms with Gasteiger partial charge in [-0.15, -0.1) is 0 Å². The summed E-state index contributed by atoms with van der Waals surface area (Å²) in [6.07, 6.45) is 4.37. The molecule has 0 amide bonds. The van der Waals surface area contributed by atoms with Crippen molar-refractivity contribution in [2.45, 2.75) is 64.8 Å². The molecule has 1 aromatic rings. The van der Waals surface area contributed by atoms with Crippen molar-refractivity contribution in [3.8, 4) is 0 Å². The summed E-state index contributed by atoms with van der Waals surface area (Å²) in [6, 6.07) is 9.77. The molecule has 27 heavy (non-hydrogen) atoms. The average Bonchev–Trinajstić information content (AvgIpc) is 2.90. The zero-order chi connectivity index (χ0) is 20.1. The Kier molecular flexibility index (Phi) is 7.23. The van der Waals surface area contributed by atoms with E-state index in [4.69, 9.17) is 14.0 Å². The van der Waals surface area contributed by atoms with Crippen LogP contribution in [-0.2, 0) is 25.4 Å². The van der Waals surface area contributed by atoms with Crippen LogP contribution in [0, 0.1) is 5.92 Å². The predicted molar refractivity (Wildman–Crippen MR) is 105 cm³/mol. The Labute approximate surface area is 162 Å². The quantitative estimate of drug-likeness (QED) is 0.566.